The summed E-state index contributed by atoms with van der Waals surface area (Å²) >= 11 is 0. The molecule has 0 atom stereocenters. The highest BCUT2D eigenvalue weighted by Gasteiger charge is 1.97. The molecule has 5 heteroatoms. The lowest BCUT2D eigenvalue weighted by Crippen LogP contribution is -2.44. The number of likely N-dealkylation sites (N-methyl/N-ethyl adjacent to an activating group) is 1. The van der Waals surface area contributed by atoms with Gasteiger partial charge in [-0.3, -0.25) is 5.43 Å². The molecule has 0 saturated heterocycles. The zero-order valence-corrected chi connectivity index (χ0v) is 8.55. The van der Waals surface area contributed by atoms with Crippen LogP contribution in [0.25, 0.3) is 0 Å². The van der Waals surface area contributed by atoms with Crippen molar-refractivity contribution in [2.24, 2.45) is 11.5 Å². The Hall–Kier alpha value is -0.200. The SMILES string of the molecule is CCN(CCN)NCCNCCN. The molecule has 6 N–H and O–H groups in total. The second kappa shape index (κ2) is 9.88. The highest BCUT2D eigenvalue weighted by Crippen LogP contribution is 1.77. The summed E-state index contributed by atoms with van der Waals surface area (Å²) < 4.78 is 0. The smallest absolute Gasteiger partial charge is 0.0253 e. The predicted octanol–water partition coefficient (Wildman–Crippen LogP) is -1.68. The lowest BCUT2D eigenvalue weighted by molar-refractivity contribution is 0.204. The zero-order chi connectivity index (χ0) is 9.94. The first kappa shape index (κ1) is 12.8. The molecule has 0 aromatic carbocycles. The third kappa shape index (κ3) is 8.14. The molecule has 0 radical (unpaired) electrons. The van der Waals surface area contributed by atoms with Gasteiger partial charge in [-0.2, -0.15) is 0 Å². The van der Waals surface area contributed by atoms with Gasteiger partial charge in [0.15, 0.2) is 0 Å². The van der Waals surface area contributed by atoms with E-state index in [1.165, 1.54) is 0 Å². The molecule has 0 aliphatic heterocycles. The zero-order valence-electron chi connectivity index (χ0n) is 8.55. The van der Waals surface area contributed by atoms with Crippen LogP contribution in [0.4, 0.5) is 0 Å². The van der Waals surface area contributed by atoms with Gasteiger partial charge in [0.1, 0.15) is 0 Å². The third-order valence-corrected chi connectivity index (χ3v) is 1.74. The van der Waals surface area contributed by atoms with Crippen LogP contribution in [0, 0.1) is 0 Å². The highest BCUT2D eigenvalue weighted by atomic mass is 15.5. The van der Waals surface area contributed by atoms with Gasteiger partial charge < -0.3 is 16.8 Å². The molecule has 0 aromatic rings. The van der Waals surface area contributed by atoms with Gasteiger partial charge in [-0.1, -0.05) is 6.92 Å². The molecule has 0 unspecified atom stereocenters. The van der Waals surface area contributed by atoms with E-state index in [0.29, 0.717) is 13.1 Å². The van der Waals surface area contributed by atoms with Gasteiger partial charge in [0.05, 0.1) is 0 Å². The van der Waals surface area contributed by atoms with Gasteiger partial charge in [-0.25, -0.2) is 5.01 Å². The maximum absolute atomic E-state index is 5.44. The van der Waals surface area contributed by atoms with Crippen LogP contribution < -0.4 is 22.2 Å². The first-order chi connectivity index (χ1) is 6.35. The second-order valence-corrected chi connectivity index (χ2v) is 2.82. The molecule has 80 valence electrons. The fourth-order valence-electron chi connectivity index (χ4n) is 1.03. The monoisotopic (exact) mass is 189 g/mol. The minimum absolute atomic E-state index is 0.692. The van der Waals surface area contributed by atoms with Crippen molar-refractivity contribution in [2.75, 3.05) is 45.8 Å². The van der Waals surface area contributed by atoms with E-state index < -0.39 is 0 Å². The van der Waals surface area contributed by atoms with E-state index in [-0.39, 0.29) is 0 Å². The summed E-state index contributed by atoms with van der Waals surface area (Å²) in [7, 11) is 0. The fraction of sp³-hybridized carbons (Fsp3) is 1.00. The molecule has 0 aliphatic rings. The van der Waals surface area contributed by atoms with Crippen LogP contribution in [-0.2, 0) is 0 Å². The quantitative estimate of drug-likeness (QED) is 0.257. The molecular weight excluding hydrogens is 166 g/mol. The number of hydrogen-bond donors (Lipinski definition) is 4. The number of nitrogens with two attached hydrogens (primary N) is 2. The van der Waals surface area contributed by atoms with Gasteiger partial charge in [0, 0.05) is 45.8 Å². The summed E-state index contributed by atoms with van der Waals surface area (Å²) in [5.41, 5.74) is 14.1. The number of nitrogens with zero attached hydrogens (tertiary/aromatic N) is 1. The molecule has 0 bridgehead atoms. The van der Waals surface area contributed by atoms with Crippen LogP contribution in [0.3, 0.4) is 0 Å². The molecule has 0 amide bonds. The number of hydrazine groups is 1. The van der Waals surface area contributed by atoms with Crippen LogP contribution in [0.1, 0.15) is 6.92 Å². The summed E-state index contributed by atoms with van der Waals surface area (Å²) in [6.07, 6.45) is 0. The topological polar surface area (TPSA) is 79.3 Å². The van der Waals surface area contributed by atoms with Gasteiger partial charge in [0.25, 0.3) is 0 Å². The Labute approximate surface area is 80.8 Å². The lowest BCUT2D eigenvalue weighted by atomic mass is 10.5. The van der Waals surface area contributed by atoms with E-state index in [9.17, 15) is 0 Å². The largest absolute Gasteiger partial charge is 0.329 e. The number of hydrogen-bond acceptors (Lipinski definition) is 5. The predicted molar refractivity (Wildman–Crippen MR) is 56.2 cm³/mol. The van der Waals surface area contributed by atoms with Crippen molar-refractivity contribution >= 4 is 0 Å². The molecule has 0 heterocycles. The van der Waals surface area contributed by atoms with E-state index in [1.54, 1.807) is 0 Å². The van der Waals surface area contributed by atoms with E-state index in [4.69, 9.17) is 11.5 Å². The van der Waals surface area contributed by atoms with Crippen molar-refractivity contribution in [3.05, 3.63) is 0 Å². The van der Waals surface area contributed by atoms with E-state index in [1.807, 2.05) is 0 Å². The Kier molecular flexibility index (Phi) is 9.73. The maximum Gasteiger partial charge on any atom is 0.0253 e. The van der Waals surface area contributed by atoms with Crippen LogP contribution in [0.5, 0.6) is 0 Å². The van der Waals surface area contributed by atoms with Crippen LogP contribution in [0.15, 0.2) is 0 Å². The minimum Gasteiger partial charge on any atom is -0.329 e. The number of rotatable bonds is 9. The Balaban J connectivity index is 3.17. The van der Waals surface area contributed by atoms with Gasteiger partial charge in [-0.15, -0.1) is 0 Å². The van der Waals surface area contributed by atoms with E-state index in [0.717, 1.165) is 32.7 Å². The van der Waals surface area contributed by atoms with Crippen molar-refractivity contribution in [1.29, 1.82) is 0 Å². The van der Waals surface area contributed by atoms with Gasteiger partial charge >= 0.3 is 0 Å². The molecular formula is C8H23N5. The van der Waals surface area contributed by atoms with Crippen molar-refractivity contribution in [3.63, 3.8) is 0 Å². The van der Waals surface area contributed by atoms with E-state index in [2.05, 4.69) is 22.7 Å². The molecule has 5 nitrogen and oxygen atoms in total. The highest BCUT2D eigenvalue weighted by molar-refractivity contribution is 4.53. The summed E-state index contributed by atoms with van der Waals surface area (Å²) in [5, 5.41) is 5.33. The Morgan fingerprint density at radius 3 is 2.38 bits per heavy atom. The first-order valence-electron chi connectivity index (χ1n) is 4.94. The summed E-state index contributed by atoms with van der Waals surface area (Å²) in [6, 6.07) is 0. The van der Waals surface area contributed by atoms with Crippen LogP contribution in [0.2, 0.25) is 0 Å². The van der Waals surface area contributed by atoms with Crippen molar-refractivity contribution in [2.45, 2.75) is 6.92 Å². The Morgan fingerprint density at radius 1 is 1.08 bits per heavy atom. The summed E-state index contributed by atoms with van der Waals surface area (Å²) in [6.45, 7) is 8.12. The standard InChI is InChI=1S/C8H23N5/c1-2-13(8-4-10)12-7-6-11-5-3-9/h11-12H,2-10H2,1H3. The lowest BCUT2D eigenvalue weighted by Gasteiger charge is -2.20. The van der Waals surface area contributed by atoms with Crippen LogP contribution >= 0.6 is 0 Å². The van der Waals surface area contributed by atoms with Crippen molar-refractivity contribution in [1.82, 2.24) is 15.8 Å². The minimum atomic E-state index is 0.692. The first-order valence-corrected chi connectivity index (χ1v) is 4.94. The molecule has 0 spiro atoms. The maximum atomic E-state index is 5.44. The molecule has 0 aromatic heterocycles. The molecule has 13 heavy (non-hydrogen) atoms. The van der Waals surface area contributed by atoms with Gasteiger partial charge in [0.2, 0.25) is 0 Å². The molecule has 0 fully saturated rings. The fourth-order valence-corrected chi connectivity index (χ4v) is 1.03. The van der Waals surface area contributed by atoms with Gasteiger partial charge in [-0.05, 0) is 0 Å². The summed E-state index contributed by atoms with van der Waals surface area (Å²) in [5.74, 6) is 0. The average Bonchev–Trinajstić information content (AvgIpc) is 2.16. The average molecular weight is 189 g/mol. The molecule has 0 rings (SSSR count). The van der Waals surface area contributed by atoms with Crippen LogP contribution in [-0.4, -0.2) is 50.8 Å². The normalized spacial score (nSPS) is 11.1. The second-order valence-electron chi connectivity index (χ2n) is 2.82. The Morgan fingerprint density at radius 2 is 1.85 bits per heavy atom. The summed E-state index contributed by atoms with van der Waals surface area (Å²) in [4.78, 5) is 0. The van der Waals surface area contributed by atoms with E-state index >= 15 is 0 Å². The Bertz CT molecular complexity index is 98.5. The molecule has 0 aliphatic carbocycles. The number of nitrogens with one attached hydrogen (secondary N) is 2. The third-order valence-electron chi connectivity index (χ3n) is 1.74. The van der Waals surface area contributed by atoms with Crippen molar-refractivity contribution in [3.8, 4) is 0 Å². The van der Waals surface area contributed by atoms with Crippen molar-refractivity contribution < 1.29 is 0 Å². The molecule has 0 saturated carbocycles.